The highest BCUT2D eigenvalue weighted by Gasteiger charge is 2.15. The topological polar surface area (TPSA) is 76.7 Å². The van der Waals surface area contributed by atoms with Crippen LogP contribution in [-0.4, -0.2) is 32.1 Å². The molecular formula is C13H16N2O4. The van der Waals surface area contributed by atoms with Crippen LogP contribution in [0.4, 0.5) is 5.69 Å². The number of methoxy groups -OCH3 is 1. The number of nitrogens with one attached hydrogen (secondary N) is 2. The molecule has 0 aromatic heterocycles. The van der Waals surface area contributed by atoms with Crippen molar-refractivity contribution in [3.05, 3.63) is 23.8 Å². The van der Waals surface area contributed by atoms with Crippen LogP contribution in [0.1, 0.15) is 12.0 Å². The summed E-state index contributed by atoms with van der Waals surface area (Å²) in [5.41, 5.74) is 1.69. The molecule has 1 aliphatic rings. The van der Waals surface area contributed by atoms with Gasteiger partial charge in [-0.15, -0.1) is 0 Å². The van der Waals surface area contributed by atoms with Crippen molar-refractivity contribution >= 4 is 17.6 Å². The van der Waals surface area contributed by atoms with Gasteiger partial charge >= 0.3 is 5.97 Å². The van der Waals surface area contributed by atoms with E-state index >= 15 is 0 Å². The van der Waals surface area contributed by atoms with Crippen molar-refractivity contribution in [1.82, 2.24) is 5.32 Å². The molecule has 1 aliphatic heterocycles. The van der Waals surface area contributed by atoms with Gasteiger partial charge in [-0.05, 0) is 17.7 Å². The fraction of sp³-hybridized carbons (Fsp3) is 0.385. The summed E-state index contributed by atoms with van der Waals surface area (Å²) in [6.07, 6.45) is 0.335. The van der Waals surface area contributed by atoms with Gasteiger partial charge in [-0.2, -0.15) is 0 Å². The summed E-state index contributed by atoms with van der Waals surface area (Å²) in [6.45, 7) is 1.22. The first kappa shape index (κ1) is 13.4. The van der Waals surface area contributed by atoms with Crippen molar-refractivity contribution in [1.29, 1.82) is 0 Å². The molecule has 1 heterocycles. The Morgan fingerprint density at radius 2 is 2.37 bits per heavy atom. The normalized spacial score (nSPS) is 13.2. The lowest BCUT2D eigenvalue weighted by molar-refractivity contribution is -0.140. The Labute approximate surface area is 111 Å². The minimum atomic E-state index is -0.237. The van der Waals surface area contributed by atoms with E-state index in [4.69, 9.17) is 4.74 Å². The first-order chi connectivity index (χ1) is 9.19. The van der Waals surface area contributed by atoms with E-state index in [-0.39, 0.29) is 18.5 Å². The fourth-order valence-electron chi connectivity index (χ4n) is 1.77. The number of esters is 1. The van der Waals surface area contributed by atoms with Crippen molar-refractivity contribution in [2.24, 2.45) is 0 Å². The molecule has 0 saturated carbocycles. The predicted octanol–water partition coefficient (Wildman–Crippen LogP) is 0.670. The van der Waals surface area contributed by atoms with Crippen molar-refractivity contribution in [2.45, 2.75) is 13.0 Å². The van der Waals surface area contributed by atoms with Crippen LogP contribution >= 0.6 is 0 Å². The third-order valence-corrected chi connectivity index (χ3v) is 2.74. The van der Waals surface area contributed by atoms with Crippen molar-refractivity contribution in [2.75, 3.05) is 25.6 Å². The Morgan fingerprint density at radius 3 is 3.16 bits per heavy atom. The maximum atomic E-state index is 11.2. The molecule has 6 heteroatoms. The van der Waals surface area contributed by atoms with Gasteiger partial charge in [0, 0.05) is 13.1 Å². The van der Waals surface area contributed by atoms with Gasteiger partial charge in [-0.3, -0.25) is 9.59 Å². The third kappa shape index (κ3) is 3.69. The van der Waals surface area contributed by atoms with Crippen LogP contribution in [-0.2, 0) is 20.9 Å². The molecule has 1 aromatic carbocycles. The standard InChI is InChI=1S/C13H16N2O4/c1-18-13(17)4-5-14-7-9-2-3-11-10(6-9)15-12(16)8-19-11/h2-3,6,14H,4-5,7-8H2,1H3,(H,15,16). The lowest BCUT2D eigenvalue weighted by atomic mass is 10.1. The van der Waals surface area contributed by atoms with E-state index < -0.39 is 0 Å². The molecule has 0 fully saturated rings. The molecule has 0 saturated heterocycles. The van der Waals surface area contributed by atoms with Gasteiger partial charge < -0.3 is 20.1 Å². The monoisotopic (exact) mass is 264 g/mol. The molecule has 6 nitrogen and oxygen atoms in total. The molecule has 0 bridgehead atoms. The number of benzene rings is 1. The Bertz CT molecular complexity index is 488. The second-order valence-corrected chi connectivity index (χ2v) is 4.17. The molecule has 2 N–H and O–H groups in total. The SMILES string of the molecule is COC(=O)CCNCc1ccc2c(c1)NC(=O)CO2. The molecule has 2 rings (SSSR count). The first-order valence-corrected chi connectivity index (χ1v) is 6.02. The summed E-state index contributed by atoms with van der Waals surface area (Å²) in [4.78, 5) is 22.1. The molecule has 0 radical (unpaired) electrons. The second kappa shape index (κ2) is 6.19. The Kier molecular flexibility index (Phi) is 4.35. The largest absolute Gasteiger partial charge is 0.482 e. The summed E-state index contributed by atoms with van der Waals surface area (Å²) >= 11 is 0. The molecule has 0 aliphatic carbocycles. The van der Waals surface area contributed by atoms with E-state index in [9.17, 15) is 9.59 Å². The molecule has 1 amide bonds. The van der Waals surface area contributed by atoms with Crippen LogP contribution in [0.2, 0.25) is 0 Å². The van der Waals surface area contributed by atoms with Crippen molar-refractivity contribution in [3.63, 3.8) is 0 Å². The fourth-order valence-corrected chi connectivity index (χ4v) is 1.77. The zero-order valence-electron chi connectivity index (χ0n) is 10.7. The van der Waals surface area contributed by atoms with Crippen LogP contribution in [0.3, 0.4) is 0 Å². The number of anilines is 1. The van der Waals surface area contributed by atoms with Crippen molar-refractivity contribution in [3.8, 4) is 5.75 Å². The van der Waals surface area contributed by atoms with Gasteiger partial charge in [-0.1, -0.05) is 6.07 Å². The molecule has 0 spiro atoms. The van der Waals surface area contributed by atoms with E-state index in [2.05, 4.69) is 15.4 Å². The van der Waals surface area contributed by atoms with E-state index in [1.165, 1.54) is 7.11 Å². The molecule has 0 atom stereocenters. The number of ether oxygens (including phenoxy) is 2. The molecular weight excluding hydrogens is 248 g/mol. The molecule has 102 valence electrons. The van der Waals surface area contributed by atoms with Crippen LogP contribution < -0.4 is 15.4 Å². The number of hydrogen-bond acceptors (Lipinski definition) is 5. The van der Waals surface area contributed by atoms with E-state index in [0.29, 0.717) is 30.9 Å². The second-order valence-electron chi connectivity index (χ2n) is 4.17. The van der Waals surface area contributed by atoms with Gasteiger partial charge in [0.1, 0.15) is 5.75 Å². The summed E-state index contributed by atoms with van der Waals surface area (Å²) in [5, 5.41) is 5.88. The van der Waals surface area contributed by atoms with Crippen LogP contribution in [0.25, 0.3) is 0 Å². The highest BCUT2D eigenvalue weighted by molar-refractivity contribution is 5.95. The summed E-state index contributed by atoms with van der Waals surface area (Å²) in [5.74, 6) is 0.291. The summed E-state index contributed by atoms with van der Waals surface area (Å²) in [6, 6.07) is 5.60. The maximum absolute atomic E-state index is 11.2. The third-order valence-electron chi connectivity index (χ3n) is 2.74. The highest BCUT2D eigenvalue weighted by Crippen LogP contribution is 2.28. The Morgan fingerprint density at radius 1 is 1.53 bits per heavy atom. The number of amides is 1. The van der Waals surface area contributed by atoms with Gasteiger partial charge in [0.05, 0.1) is 19.2 Å². The van der Waals surface area contributed by atoms with E-state index in [0.717, 1.165) is 5.56 Å². The highest BCUT2D eigenvalue weighted by atomic mass is 16.5. The average Bonchev–Trinajstić information content (AvgIpc) is 2.42. The minimum absolute atomic E-state index is 0.0593. The molecule has 19 heavy (non-hydrogen) atoms. The maximum Gasteiger partial charge on any atom is 0.306 e. The number of rotatable bonds is 5. The zero-order chi connectivity index (χ0) is 13.7. The molecule has 0 unspecified atom stereocenters. The van der Waals surface area contributed by atoms with E-state index in [1.54, 1.807) is 0 Å². The first-order valence-electron chi connectivity index (χ1n) is 6.02. The quantitative estimate of drug-likeness (QED) is 0.604. The molecule has 1 aromatic rings. The van der Waals surface area contributed by atoms with Gasteiger partial charge in [-0.25, -0.2) is 0 Å². The average molecular weight is 264 g/mol. The van der Waals surface area contributed by atoms with E-state index in [1.807, 2.05) is 18.2 Å². The predicted molar refractivity (Wildman–Crippen MR) is 68.9 cm³/mol. The van der Waals surface area contributed by atoms with Crippen LogP contribution in [0.5, 0.6) is 5.75 Å². The lowest BCUT2D eigenvalue weighted by Gasteiger charge is -2.18. The summed E-state index contributed by atoms with van der Waals surface area (Å²) in [7, 11) is 1.37. The number of fused-ring (bicyclic) bond motifs is 1. The van der Waals surface area contributed by atoms with Gasteiger partial charge in [0.25, 0.3) is 5.91 Å². The van der Waals surface area contributed by atoms with Crippen LogP contribution in [0.15, 0.2) is 18.2 Å². The number of carbonyl (C=O) groups excluding carboxylic acids is 2. The van der Waals surface area contributed by atoms with Gasteiger partial charge in [0.2, 0.25) is 0 Å². The van der Waals surface area contributed by atoms with Crippen molar-refractivity contribution < 1.29 is 19.1 Å². The smallest absolute Gasteiger partial charge is 0.306 e. The lowest BCUT2D eigenvalue weighted by Crippen LogP contribution is -2.25. The summed E-state index contributed by atoms with van der Waals surface area (Å²) < 4.78 is 9.81. The minimum Gasteiger partial charge on any atom is -0.482 e. The van der Waals surface area contributed by atoms with Crippen LogP contribution in [0, 0.1) is 0 Å². The Balaban J connectivity index is 1.86. The Hall–Kier alpha value is -2.08. The number of carbonyl (C=O) groups is 2. The number of hydrogen-bond donors (Lipinski definition) is 2. The zero-order valence-corrected chi connectivity index (χ0v) is 10.7. The van der Waals surface area contributed by atoms with Gasteiger partial charge in [0.15, 0.2) is 6.61 Å².